The van der Waals surface area contributed by atoms with Crippen LogP contribution in [-0.4, -0.2) is 24.7 Å². The van der Waals surface area contributed by atoms with Crippen molar-refractivity contribution in [2.75, 3.05) is 18.5 Å². The summed E-state index contributed by atoms with van der Waals surface area (Å²) in [6.07, 6.45) is 0.396. The minimum Gasteiger partial charge on any atom is -0.478 e. The zero-order valence-electron chi connectivity index (χ0n) is 8.77. The van der Waals surface area contributed by atoms with Crippen molar-refractivity contribution in [2.45, 2.75) is 6.42 Å². The number of nitriles is 1. The molecular formula is C11H11ClN2O2. The van der Waals surface area contributed by atoms with Gasteiger partial charge in [0.2, 0.25) is 0 Å². The second-order valence-corrected chi connectivity index (χ2v) is 3.71. The molecule has 0 aliphatic heterocycles. The van der Waals surface area contributed by atoms with E-state index in [2.05, 4.69) is 0 Å². The molecule has 0 aliphatic carbocycles. The molecule has 0 radical (unpaired) electrons. The van der Waals surface area contributed by atoms with E-state index in [1.54, 1.807) is 13.1 Å². The summed E-state index contributed by atoms with van der Waals surface area (Å²) in [5.74, 6) is -1.01. The fourth-order valence-corrected chi connectivity index (χ4v) is 1.61. The third-order valence-corrected chi connectivity index (χ3v) is 2.47. The molecule has 0 aliphatic rings. The highest BCUT2D eigenvalue weighted by Gasteiger charge is 2.09. The number of rotatable bonds is 4. The normalized spacial score (nSPS) is 9.56. The quantitative estimate of drug-likeness (QED) is 0.875. The van der Waals surface area contributed by atoms with E-state index >= 15 is 0 Å². The molecule has 1 aromatic rings. The molecule has 0 spiro atoms. The van der Waals surface area contributed by atoms with Gasteiger partial charge in [0.1, 0.15) is 0 Å². The highest BCUT2D eigenvalue weighted by Crippen LogP contribution is 2.26. The van der Waals surface area contributed by atoms with Crippen molar-refractivity contribution in [1.82, 2.24) is 0 Å². The number of aromatic carboxylic acids is 1. The van der Waals surface area contributed by atoms with Gasteiger partial charge in [-0.25, -0.2) is 4.79 Å². The van der Waals surface area contributed by atoms with Gasteiger partial charge in [-0.1, -0.05) is 11.6 Å². The molecule has 0 atom stereocenters. The summed E-state index contributed by atoms with van der Waals surface area (Å²) in [5, 5.41) is 17.6. The van der Waals surface area contributed by atoms with Crippen molar-refractivity contribution in [3.63, 3.8) is 0 Å². The number of carbonyl (C=O) groups is 1. The van der Waals surface area contributed by atoms with Crippen LogP contribution < -0.4 is 4.90 Å². The molecule has 0 heterocycles. The van der Waals surface area contributed by atoms with Crippen LogP contribution in [0.1, 0.15) is 16.8 Å². The lowest BCUT2D eigenvalue weighted by molar-refractivity contribution is 0.0697. The Labute approximate surface area is 98.7 Å². The Balaban J connectivity index is 2.91. The van der Waals surface area contributed by atoms with Gasteiger partial charge in [0.05, 0.1) is 28.8 Å². The molecule has 1 N–H and O–H groups in total. The smallest absolute Gasteiger partial charge is 0.335 e. The molecule has 0 amide bonds. The van der Waals surface area contributed by atoms with E-state index < -0.39 is 5.97 Å². The van der Waals surface area contributed by atoms with Crippen molar-refractivity contribution in [1.29, 1.82) is 5.26 Å². The number of hydrogen-bond acceptors (Lipinski definition) is 3. The van der Waals surface area contributed by atoms with Crippen molar-refractivity contribution in [3.05, 3.63) is 28.8 Å². The molecular weight excluding hydrogens is 228 g/mol. The van der Waals surface area contributed by atoms with E-state index in [-0.39, 0.29) is 5.56 Å². The highest BCUT2D eigenvalue weighted by atomic mass is 35.5. The Morgan fingerprint density at radius 1 is 1.62 bits per heavy atom. The maximum absolute atomic E-state index is 10.7. The van der Waals surface area contributed by atoms with E-state index in [4.69, 9.17) is 22.0 Å². The first-order valence-corrected chi connectivity index (χ1v) is 5.05. The predicted molar refractivity (Wildman–Crippen MR) is 61.9 cm³/mol. The Morgan fingerprint density at radius 3 is 2.81 bits per heavy atom. The van der Waals surface area contributed by atoms with E-state index in [9.17, 15) is 4.79 Å². The van der Waals surface area contributed by atoms with Crippen molar-refractivity contribution in [2.24, 2.45) is 0 Å². The molecule has 0 unspecified atom stereocenters. The number of nitrogens with zero attached hydrogens (tertiary/aromatic N) is 2. The Kier molecular flexibility index (Phi) is 4.15. The lowest BCUT2D eigenvalue weighted by Gasteiger charge is -2.19. The van der Waals surface area contributed by atoms with Gasteiger partial charge in [-0.05, 0) is 18.2 Å². The standard InChI is InChI=1S/C11H11ClN2O2/c1-14(6-2-5-13)10-4-3-8(11(15)16)7-9(10)12/h3-4,7H,2,6H2,1H3,(H,15,16). The molecule has 0 saturated carbocycles. The van der Waals surface area contributed by atoms with Crippen LogP contribution in [0.3, 0.4) is 0 Å². The Bertz CT molecular complexity index is 440. The van der Waals surface area contributed by atoms with Gasteiger partial charge in [0.25, 0.3) is 0 Å². The van der Waals surface area contributed by atoms with Crippen molar-refractivity contribution >= 4 is 23.3 Å². The Morgan fingerprint density at radius 2 is 2.31 bits per heavy atom. The molecule has 16 heavy (non-hydrogen) atoms. The molecule has 1 rings (SSSR count). The lowest BCUT2D eigenvalue weighted by atomic mass is 10.2. The summed E-state index contributed by atoms with van der Waals surface area (Å²) in [6.45, 7) is 0.558. The minimum absolute atomic E-state index is 0.155. The third kappa shape index (κ3) is 2.88. The maximum Gasteiger partial charge on any atom is 0.335 e. The van der Waals surface area contributed by atoms with Crippen molar-refractivity contribution in [3.8, 4) is 6.07 Å². The fraction of sp³-hybridized carbons (Fsp3) is 0.273. The van der Waals surface area contributed by atoms with Crippen LogP contribution in [0.5, 0.6) is 0 Å². The summed E-state index contributed by atoms with van der Waals surface area (Å²) < 4.78 is 0. The van der Waals surface area contributed by atoms with Crippen LogP contribution in [0, 0.1) is 11.3 Å². The summed E-state index contributed by atoms with van der Waals surface area (Å²) in [4.78, 5) is 12.5. The number of hydrogen-bond donors (Lipinski definition) is 1. The molecule has 0 aromatic heterocycles. The van der Waals surface area contributed by atoms with Crippen LogP contribution in [0.15, 0.2) is 18.2 Å². The molecule has 84 valence electrons. The zero-order chi connectivity index (χ0) is 12.1. The second-order valence-electron chi connectivity index (χ2n) is 3.30. The second kappa shape index (κ2) is 5.38. The van der Waals surface area contributed by atoms with Crippen LogP contribution in [0.4, 0.5) is 5.69 Å². The first-order valence-electron chi connectivity index (χ1n) is 4.67. The predicted octanol–water partition coefficient (Wildman–Crippen LogP) is 2.39. The number of halogens is 1. The van der Waals surface area contributed by atoms with Gasteiger partial charge in [-0.2, -0.15) is 5.26 Å². The third-order valence-electron chi connectivity index (χ3n) is 2.16. The topological polar surface area (TPSA) is 64.3 Å². The number of anilines is 1. The molecule has 0 fully saturated rings. The zero-order valence-corrected chi connectivity index (χ0v) is 9.53. The van der Waals surface area contributed by atoms with Gasteiger partial charge in [0, 0.05) is 13.6 Å². The fourth-order valence-electron chi connectivity index (χ4n) is 1.29. The summed E-state index contributed by atoms with van der Waals surface area (Å²) in [5.41, 5.74) is 0.879. The van der Waals surface area contributed by atoms with Crippen LogP contribution in [-0.2, 0) is 0 Å². The summed E-state index contributed by atoms with van der Waals surface area (Å²) in [7, 11) is 1.80. The monoisotopic (exact) mass is 238 g/mol. The molecule has 0 bridgehead atoms. The summed E-state index contributed by atoms with van der Waals surface area (Å²) in [6, 6.07) is 6.58. The molecule has 4 nitrogen and oxygen atoms in total. The Hall–Kier alpha value is -1.73. The van der Waals surface area contributed by atoms with E-state index in [0.717, 1.165) is 5.69 Å². The first-order chi connectivity index (χ1) is 7.56. The maximum atomic E-state index is 10.7. The highest BCUT2D eigenvalue weighted by molar-refractivity contribution is 6.33. The largest absolute Gasteiger partial charge is 0.478 e. The van der Waals surface area contributed by atoms with Gasteiger partial charge in [-0.3, -0.25) is 0 Å². The van der Waals surface area contributed by atoms with Gasteiger partial charge < -0.3 is 10.0 Å². The first kappa shape index (κ1) is 12.3. The van der Waals surface area contributed by atoms with Crippen LogP contribution in [0.2, 0.25) is 5.02 Å². The average molecular weight is 239 g/mol. The van der Waals surface area contributed by atoms with E-state index in [1.165, 1.54) is 12.1 Å². The minimum atomic E-state index is -1.01. The average Bonchev–Trinajstić information content (AvgIpc) is 2.25. The van der Waals surface area contributed by atoms with Crippen molar-refractivity contribution < 1.29 is 9.90 Å². The van der Waals surface area contributed by atoms with E-state index in [0.29, 0.717) is 18.0 Å². The number of carboxylic acid groups (broad SMARTS) is 1. The van der Waals surface area contributed by atoms with E-state index in [1.807, 2.05) is 11.0 Å². The number of carboxylic acids is 1. The van der Waals surface area contributed by atoms with Gasteiger partial charge in [0.15, 0.2) is 0 Å². The van der Waals surface area contributed by atoms with Gasteiger partial charge >= 0.3 is 5.97 Å². The van der Waals surface area contributed by atoms with Gasteiger partial charge in [-0.15, -0.1) is 0 Å². The summed E-state index contributed by atoms with van der Waals surface area (Å²) >= 11 is 5.96. The van der Waals surface area contributed by atoms with Crippen LogP contribution >= 0.6 is 11.6 Å². The molecule has 0 saturated heterocycles. The van der Waals surface area contributed by atoms with Crippen LogP contribution in [0.25, 0.3) is 0 Å². The SMILES string of the molecule is CN(CCC#N)c1ccc(C(=O)O)cc1Cl. The lowest BCUT2D eigenvalue weighted by Crippen LogP contribution is -2.18. The molecule has 5 heteroatoms. The molecule has 1 aromatic carbocycles. The number of benzene rings is 1.